The van der Waals surface area contributed by atoms with E-state index in [1.165, 1.54) is 35.2 Å². The number of aromatic nitrogens is 1. The first-order valence-electron chi connectivity index (χ1n) is 9.40. The minimum Gasteiger partial charge on any atom is -0.400 e. The lowest BCUT2D eigenvalue weighted by Crippen LogP contribution is -2.13. The third kappa shape index (κ3) is 5.07. The topological polar surface area (TPSA) is 85.9 Å². The van der Waals surface area contributed by atoms with E-state index in [0.29, 0.717) is 12.3 Å². The highest BCUT2D eigenvalue weighted by Gasteiger charge is 2.12. The predicted octanol–water partition coefficient (Wildman–Crippen LogP) is 5.51. The van der Waals surface area contributed by atoms with Crippen LogP contribution in [0, 0.1) is 10.1 Å². The summed E-state index contributed by atoms with van der Waals surface area (Å²) in [6.07, 6.45) is 2.27. The van der Waals surface area contributed by atoms with Crippen molar-refractivity contribution in [3.8, 4) is 11.3 Å². The highest BCUT2D eigenvalue weighted by Crippen LogP contribution is 2.28. The lowest BCUT2D eigenvalue weighted by molar-refractivity contribution is -0.402. The molecule has 2 aromatic heterocycles. The van der Waals surface area contributed by atoms with Crippen LogP contribution in [0.5, 0.6) is 0 Å². The molecule has 0 spiro atoms. The molecule has 0 saturated carbocycles. The van der Waals surface area contributed by atoms with Crippen LogP contribution in [0.15, 0.2) is 91.1 Å². The molecular formula is C22H17BrN4O3S. The zero-order valence-electron chi connectivity index (χ0n) is 16.2. The monoisotopic (exact) mass is 496 g/mol. The average Bonchev–Trinajstić information content (AvgIpc) is 3.41. The van der Waals surface area contributed by atoms with E-state index < -0.39 is 4.92 Å². The van der Waals surface area contributed by atoms with Crippen LogP contribution in [-0.4, -0.2) is 22.4 Å². The standard InChI is InChI=1S/C22H17BrN4O3S/c23-19-9-5-4-8-18(19)20-15-31-22(24-13-12-16-6-2-1-3-7-16)26(20)25-14-17-10-11-21(30-17)27(28)29/h1-11,14-15H,12-13H2. The Hall–Kier alpha value is -3.30. The SMILES string of the molecule is O=[N+]([O-])c1ccc(C=Nn2c(-c3ccccc3Br)csc2=NCCc2ccccc2)o1. The molecule has 0 aliphatic rings. The number of furan rings is 1. The Morgan fingerprint density at radius 1 is 1.10 bits per heavy atom. The number of halogens is 1. The van der Waals surface area contributed by atoms with Crippen molar-refractivity contribution in [3.05, 3.63) is 103 Å². The minimum absolute atomic E-state index is 0.290. The Morgan fingerprint density at radius 2 is 1.87 bits per heavy atom. The molecule has 0 bridgehead atoms. The van der Waals surface area contributed by atoms with Crippen LogP contribution in [0.1, 0.15) is 11.3 Å². The van der Waals surface area contributed by atoms with Crippen molar-refractivity contribution in [1.29, 1.82) is 0 Å². The van der Waals surface area contributed by atoms with Crippen LogP contribution in [0.4, 0.5) is 5.88 Å². The molecule has 0 N–H and O–H groups in total. The van der Waals surface area contributed by atoms with Gasteiger partial charge in [-0.1, -0.05) is 64.5 Å². The van der Waals surface area contributed by atoms with Gasteiger partial charge in [0.25, 0.3) is 0 Å². The van der Waals surface area contributed by atoms with Crippen molar-refractivity contribution in [3.63, 3.8) is 0 Å². The van der Waals surface area contributed by atoms with Gasteiger partial charge in [-0.15, -0.1) is 11.3 Å². The molecule has 9 heteroatoms. The molecule has 31 heavy (non-hydrogen) atoms. The fraction of sp³-hybridized carbons (Fsp3) is 0.0909. The smallest absolute Gasteiger partial charge is 0.400 e. The first-order chi connectivity index (χ1) is 15.1. The first kappa shape index (κ1) is 21.0. The molecule has 156 valence electrons. The van der Waals surface area contributed by atoms with Crippen molar-refractivity contribution >= 4 is 39.4 Å². The molecular weight excluding hydrogens is 480 g/mol. The maximum Gasteiger partial charge on any atom is 0.433 e. The van der Waals surface area contributed by atoms with Gasteiger partial charge in [0.15, 0.2) is 5.76 Å². The van der Waals surface area contributed by atoms with Gasteiger partial charge in [-0.25, -0.2) is 4.68 Å². The normalized spacial score (nSPS) is 12.0. The number of rotatable bonds is 7. The van der Waals surface area contributed by atoms with Gasteiger partial charge in [0, 0.05) is 22.0 Å². The van der Waals surface area contributed by atoms with E-state index in [0.717, 1.165) is 27.0 Å². The van der Waals surface area contributed by atoms with Crippen molar-refractivity contribution in [2.75, 3.05) is 6.54 Å². The Labute approximate surface area is 190 Å². The van der Waals surface area contributed by atoms with Crippen LogP contribution >= 0.6 is 27.3 Å². The number of benzene rings is 2. The Kier molecular flexibility index (Phi) is 6.54. The van der Waals surface area contributed by atoms with Gasteiger partial charge in [-0.3, -0.25) is 15.1 Å². The lowest BCUT2D eigenvalue weighted by atomic mass is 10.2. The maximum absolute atomic E-state index is 10.9. The molecule has 0 atom stereocenters. The summed E-state index contributed by atoms with van der Waals surface area (Å²) in [5.74, 6) is -0.0331. The van der Waals surface area contributed by atoms with Crippen LogP contribution < -0.4 is 4.80 Å². The quantitative estimate of drug-likeness (QED) is 0.192. The molecule has 2 heterocycles. The van der Waals surface area contributed by atoms with E-state index in [1.54, 1.807) is 4.68 Å². The van der Waals surface area contributed by atoms with Gasteiger partial charge in [0.05, 0.1) is 18.0 Å². The second kappa shape index (κ2) is 9.67. The second-order valence-corrected chi connectivity index (χ2v) is 8.18. The largest absolute Gasteiger partial charge is 0.433 e. The van der Waals surface area contributed by atoms with Gasteiger partial charge in [-0.2, -0.15) is 5.10 Å². The van der Waals surface area contributed by atoms with E-state index in [4.69, 9.17) is 9.41 Å². The molecule has 2 aromatic carbocycles. The van der Waals surface area contributed by atoms with Crippen LogP contribution in [0.2, 0.25) is 0 Å². The number of nitrogens with zero attached hydrogens (tertiary/aromatic N) is 4. The number of thiazole rings is 1. The Bertz CT molecular complexity index is 1290. The third-order valence-corrected chi connectivity index (χ3v) is 5.96. The number of nitro groups is 1. The fourth-order valence-corrected chi connectivity index (χ4v) is 4.27. The van der Waals surface area contributed by atoms with E-state index in [9.17, 15) is 10.1 Å². The Morgan fingerprint density at radius 3 is 2.61 bits per heavy atom. The summed E-state index contributed by atoms with van der Waals surface area (Å²) in [6.45, 7) is 0.613. The minimum atomic E-state index is -0.577. The summed E-state index contributed by atoms with van der Waals surface area (Å²) >= 11 is 5.07. The molecule has 0 amide bonds. The van der Waals surface area contributed by atoms with E-state index in [-0.39, 0.29) is 5.88 Å². The van der Waals surface area contributed by atoms with Crippen molar-refractivity contribution in [2.24, 2.45) is 10.1 Å². The van der Waals surface area contributed by atoms with Gasteiger partial charge >= 0.3 is 5.88 Å². The fourth-order valence-electron chi connectivity index (χ4n) is 2.92. The van der Waals surface area contributed by atoms with E-state index in [1.807, 2.05) is 47.8 Å². The summed E-state index contributed by atoms with van der Waals surface area (Å²) in [4.78, 5) is 15.7. The van der Waals surface area contributed by atoms with Crippen LogP contribution in [0.25, 0.3) is 11.3 Å². The second-order valence-electron chi connectivity index (χ2n) is 6.49. The molecule has 0 aliphatic heterocycles. The summed E-state index contributed by atoms with van der Waals surface area (Å²) < 4.78 is 7.85. The summed E-state index contributed by atoms with van der Waals surface area (Å²) in [5, 5.41) is 17.4. The van der Waals surface area contributed by atoms with Crippen molar-refractivity contribution < 1.29 is 9.34 Å². The summed E-state index contributed by atoms with van der Waals surface area (Å²) in [5.41, 5.74) is 3.03. The highest BCUT2D eigenvalue weighted by atomic mass is 79.9. The average molecular weight is 497 g/mol. The van der Waals surface area contributed by atoms with Gasteiger partial charge in [-0.05, 0) is 24.1 Å². The van der Waals surface area contributed by atoms with Crippen molar-refractivity contribution in [1.82, 2.24) is 4.68 Å². The molecule has 0 saturated heterocycles. The molecule has 4 rings (SSSR count). The molecule has 0 fully saturated rings. The van der Waals surface area contributed by atoms with Crippen LogP contribution in [-0.2, 0) is 6.42 Å². The van der Waals surface area contributed by atoms with Crippen molar-refractivity contribution in [2.45, 2.75) is 6.42 Å². The van der Waals surface area contributed by atoms with Gasteiger partial charge < -0.3 is 4.42 Å². The molecule has 0 aliphatic carbocycles. The third-order valence-electron chi connectivity index (χ3n) is 4.42. The molecule has 0 unspecified atom stereocenters. The number of hydrogen-bond donors (Lipinski definition) is 0. The highest BCUT2D eigenvalue weighted by molar-refractivity contribution is 9.10. The molecule has 4 aromatic rings. The van der Waals surface area contributed by atoms with Gasteiger partial charge in [0.2, 0.25) is 4.80 Å². The summed E-state index contributed by atoms with van der Waals surface area (Å²) in [6, 6.07) is 20.8. The number of hydrogen-bond acceptors (Lipinski definition) is 6. The van der Waals surface area contributed by atoms with Crippen LogP contribution in [0.3, 0.4) is 0 Å². The van der Waals surface area contributed by atoms with E-state index >= 15 is 0 Å². The first-order valence-corrected chi connectivity index (χ1v) is 11.1. The molecule has 0 radical (unpaired) electrons. The predicted molar refractivity (Wildman–Crippen MR) is 124 cm³/mol. The van der Waals surface area contributed by atoms with Gasteiger partial charge in [0.1, 0.15) is 4.92 Å². The summed E-state index contributed by atoms with van der Waals surface area (Å²) in [7, 11) is 0. The maximum atomic E-state index is 10.9. The Balaban J connectivity index is 1.69. The lowest BCUT2D eigenvalue weighted by Gasteiger charge is -2.05. The molecule has 7 nitrogen and oxygen atoms in total. The zero-order valence-corrected chi connectivity index (χ0v) is 18.6. The van der Waals surface area contributed by atoms with E-state index in [2.05, 4.69) is 33.2 Å². The zero-order chi connectivity index (χ0) is 21.6.